The molecule has 0 radical (unpaired) electrons. The van der Waals surface area contributed by atoms with E-state index in [1.54, 1.807) is 17.5 Å². The van der Waals surface area contributed by atoms with Crippen LogP contribution in [0.5, 0.6) is 0 Å². The van der Waals surface area contributed by atoms with Gasteiger partial charge in [-0.1, -0.05) is 12.1 Å². The minimum atomic E-state index is -5.08. The van der Waals surface area contributed by atoms with E-state index in [4.69, 9.17) is 19.4 Å². The standard InChI is InChI=1S/C19H22N2O3S.C2HF3O2/c22-18(7-17-4-2-6-25-17)21-9-16-11-24-14-19(16,12-21)13-23-10-15-3-1-5-20-8-15;3-2(4,5)1(6)7/h1-6,8,16H,7,9-14H2;(H,6,7)/t16-,19-;/m1./s1. The lowest BCUT2D eigenvalue weighted by molar-refractivity contribution is -0.192. The monoisotopic (exact) mass is 472 g/mol. The molecule has 174 valence electrons. The zero-order chi connectivity index (χ0) is 23.2. The predicted octanol–water partition coefficient (Wildman–Crippen LogP) is 3.01. The first-order valence-corrected chi connectivity index (χ1v) is 10.7. The summed E-state index contributed by atoms with van der Waals surface area (Å²) in [5.41, 5.74) is 1.01. The lowest BCUT2D eigenvalue weighted by Crippen LogP contribution is -2.37. The molecule has 2 aromatic heterocycles. The molecule has 0 aromatic carbocycles. The van der Waals surface area contributed by atoms with Crippen LogP contribution in [0.25, 0.3) is 0 Å². The maximum absolute atomic E-state index is 12.6. The summed E-state index contributed by atoms with van der Waals surface area (Å²) in [4.78, 5) is 28.8. The Morgan fingerprint density at radius 3 is 2.75 bits per heavy atom. The van der Waals surface area contributed by atoms with E-state index in [2.05, 4.69) is 4.98 Å². The maximum Gasteiger partial charge on any atom is 0.490 e. The zero-order valence-electron chi connectivity index (χ0n) is 17.1. The fraction of sp³-hybridized carbons (Fsp3) is 0.476. The molecule has 2 saturated heterocycles. The van der Waals surface area contributed by atoms with Crippen LogP contribution in [0.15, 0.2) is 42.0 Å². The summed E-state index contributed by atoms with van der Waals surface area (Å²) in [6, 6.07) is 7.95. The topological polar surface area (TPSA) is 89.0 Å². The molecule has 0 saturated carbocycles. The molecule has 4 rings (SSSR count). The number of amides is 1. The van der Waals surface area contributed by atoms with Crippen LogP contribution in [0.4, 0.5) is 13.2 Å². The van der Waals surface area contributed by atoms with Crippen molar-refractivity contribution in [2.75, 3.05) is 32.9 Å². The molecule has 1 amide bonds. The summed E-state index contributed by atoms with van der Waals surface area (Å²) in [7, 11) is 0. The number of carboxylic acids is 1. The smallest absolute Gasteiger partial charge is 0.475 e. The van der Waals surface area contributed by atoms with Gasteiger partial charge in [-0.15, -0.1) is 11.3 Å². The summed E-state index contributed by atoms with van der Waals surface area (Å²) >= 11 is 1.64. The molecule has 2 atom stereocenters. The minimum absolute atomic E-state index is 0.0622. The van der Waals surface area contributed by atoms with E-state index in [1.165, 1.54) is 0 Å². The first-order chi connectivity index (χ1) is 15.2. The number of aromatic nitrogens is 1. The first-order valence-electron chi connectivity index (χ1n) is 9.84. The Morgan fingerprint density at radius 1 is 1.34 bits per heavy atom. The lowest BCUT2D eigenvalue weighted by atomic mass is 9.82. The number of halogens is 3. The highest BCUT2D eigenvalue weighted by molar-refractivity contribution is 7.10. The van der Waals surface area contributed by atoms with Crippen molar-refractivity contribution in [1.29, 1.82) is 0 Å². The van der Waals surface area contributed by atoms with E-state index in [-0.39, 0.29) is 11.3 Å². The highest BCUT2D eigenvalue weighted by Gasteiger charge is 2.51. The lowest BCUT2D eigenvalue weighted by Gasteiger charge is -2.26. The van der Waals surface area contributed by atoms with E-state index in [0.29, 0.717) is 32.2 Å². The summed E-state index contributed by atoms with van der Waals surface area (Å²) in [5.74, 6) is -2.18. The second kappa shape index (κ2) is 10.4. The van der Waals surface area contributed by atoms with Crippen molar-refractivity contribution in [3.05, 3.63) is 52.5 Å². The average Bonchev–Trinajstić information content (AvgIpc) is 3.45. The molecule has 4 heterocycles. The van der Waals surface area contributed by atoms with Crippen LogP contribution in [0.1, 0.15) is 10.4 Å². The molecule has 11 heteroatoms. The zero-order valence-corrected chi connectivity index (χ0v) is 17.9. The largest absolute Gasteiger partial charge is 0.490 e. The highest BCUT2D eigenvalue weighted by atomic mass is 32.1. The van der Waals surface area contributed by atoms with Crippen LogP contribution < -0.4 is 0 Å². The van der Waals surface area contributed by atoms with Crippen molar-refractivity contribution >= 4 is 23.2 Å². The number of carbonyl (C=O) groups is 2. The SMILES string of the molecule is O=C(Cc1cccs1)N1C[C@@H]2COC[C@]2(COCc2cccnc2)C1.O=C(O)C(F)(F)F. The Hall–Kier alpha value is -2.50. The number of rotatable bonds is 6. The number of aliphatic carboxylic acids is 1. The van der Waals surface area contributed by atoms with Gasteiger partial charge in [-0.3, -0.25) is 9.78 Å². The Kier molecular flexibility index (Phi) is 7.86. The van der Waals surface area contributed by atoms with Gasteiger partial charge >= 0.3 is 12.1 Å². The molecule has 2 aliphatic heterocycles. The minimum Gasteiger partial charge on any atom is -0.475 e. The molecule has 32 heavy (non-hydrogen) atoms. The number of hydrogen-bond acceptors (Lipinski definition) is 6. The van der Waals surface area contributed by atoms with E-state index in [1.807, 2.05) is 40.7 Å². The van der Waals surface area contributed by atoms with Crippen LogP contribution in [-0.4, -0.2) is 66.0 Å². The van der Waals surface area contributed by atoms with Crippen LogP contribution >= 0.6 is 11.3 Å². The number of carboxylic acid groups (broad SMARTS) is 1. The van der Waals surface area contributed by atoms with Gasteiger partial charge in [0.2, 0.25) is 5.91 Å². The number of nitrogens with zero attached hydrogens (tertiary/aromatic N) is 2. The van der Waals surface area contributed by atoms with Crippen molar-refractivity contribution in [3.8, 4) is 0 Å². The number of likely N-dealkylation sites (tertiary alicyclic amines) is 1. The van der Waals surface area contributed by atoms with Gasteiger partial charge in [-0.05, 0) is 23.1 Å². The quantitative estimate of drug-likeness (QED) is 0.696. The van der Waals surface area contributed by atoms with Crippen LogP contribution in [0, 0.1) is 11.3 Å². The second-order valence-corrected chi connectivity index (χ2v) is 8.79. The fourth-order valence-electron chi connectivity index (χ4n) is 3.76. The number of ether oxygens (including phenoxy) is 2. The summed E-state index contributed by atoms with van der Waals surface area (Å²) in [6.07, 6.45) is -0.999. The van der Waals surface area contributed by atoms with Crippen LogP contribution in [-0.2, 0) is 32.1 Å². The Labute approximate surface area is 186 Å². The number of carbonyl (C=O) groups excluding carboxylic acids is 1. The maximum atomic E-state index is 12.6. The Bertz CT molecular complexity index is 895. The summed E-state index contributed by atoms with van der Waals surface area (Å²) in [5, 5.41) is 9.14. The van der Waals surface area contributed by atoms with Gasteiger partial charge in [0.1, 0.15) is 0 Å². The first kappa shape index (κ1) is 24.1. The average molecular weight is 472 g/mol. The Balaban J connectivity index is 0.000000360. The van der Waals surface area contributed by atoms with E-state index >= 15 is 0 Å². The number of thiophene rings is 1. The molecule has 7 nitrogen and oxygen atoms in total. The molecular weight excluding hydrogens is 449 g/mol. The van der Waals surface area contributed by atoms with Crippen LogP contribution in [0.2, 0.25) is 0 Å². The van der Waals surface area contributed by atoms with Crippen molar-refractivity contribution in [2.24, 2.45) is 11.3 Å². The predicted molar refractivity (Wildman–Crippen MR) is 109 cm³/mol. The number of pyridine rings is 1. The summed E-state index contributed by atoms with van der Waals surface area (Å²) < 4.78 is 43.4. The van der Waals surface area contributed by atoms with Gasteiger partial charge in [-0.25, -0.2) is 4.79 Å². The van der Waals surface area contributed by atoms with E-state index in [0.717, 1.165) is 30.1 Å². The normalized spacial score (nSPS) is 22.2. The molecular formula is C21H23F3N2O5S. The summed E-state index contributed by atoms with van der Waals surface area (Å²) in [6.45, 7) is 4.07. The molecule has 0 aliphatic carbocycles. The second-order valence-electron chi connectivity index (χ2n) is 7.76. The number of hydrogen-bond donors (Lipinski definition) is 1. The molecule has 2 aromatic rings. The van der Waals surface area contributed by atoms with Gasteiger partial charge in [0.05, 0.1) is 32.8 Å². The van der Waals surface area contributed by atoms with Gasteiger partial charge in [0.15, 0.2) is 0 Å². The third-order valence-corrected chi connectivity index (χ3v) is 6.28. The molecule has 0 unspecified atom stereocenters. The number of fused-ring (bicyclic) bond motifs is 1. The molecule has 2 aliphatic rings. The fourth-order valence-corrected chi connectivity index (χ4v) is 4.45. The molecule has 1 N–H and O–H groups in total. The molecule has 2 fully saturated rings. The van der Waals surface area contributed by atoms with Gasteiger partial charge < -0.3 is 19.5 Å². The van der Waals surface area contributed by atoms with Crippen molar-refractivity contribution in [3.63, 3.8) is 0 Å². The van der Waals surface area contributed by atoms with Gasteiger partial charge in [0, 0.05) is 41.7 Å². The van der Waals surface area contributed by atoms with Gasteiger partial charge in [0.25, 0.3) is 0 Å². The Morgan fingerprint density at radius 2 is 2.12 bits per heavy atom. The van der Waals surface area contributed by atoms with Crippen molar-refractivity contribution in [1.82, 2.24) is 9.88 Å². The van der Waals surface area contributed by atoms with Crippen LogP contribution in [0.3, 0.4) is 0 Å². The molecule has 0 bridgehead atoms. The number of alkyl halides is 3. The van der Waals surface area contributed by atoms with Crippen molar-refractivity contribution < 1.29 is 37.3 Å². The molecule has 0 spiro atoms. The van der Waals surface area contributed by atoms with E-state index < -0.39 is 12.1 Å². The third kappa shape index (κ3) is 6.27. The van der Waals surface area contributed by atoms with Crippen molar-refractivity contribution in [2.45, 2.75) is 19.2 Å². The third-order valence-electron chi connectivity index (χ3n) is 5.40. The van der Waals surface area contributed by atoms with Gasteiger partial charge in [-0.2, -0.15) is 13.2 Å². The highest BCUT2D eigenvalue weighted by Crippen LogP contribution is 2.42. The van der Waals surface area contributed by atoms with E-state index in [9.17, 15) is 18.0 Å².